The van der Waals surface area contributed by atoms with E-state index in [2.05, 4.69) is 5.32 Å². The molecule has 0 aliphatic carbocycles. The number of amides is 1. The third-order valence-electron chi connectivity index (χ3n) is 1.87. The fourth-order valence-corrected chi connectivity index (χ4v) is 1.17. The Balaban J connectivity index is 2.91. The number of allylic oxidation sites excluding steroid dienone is 1. The van der Waals surface area contributed by atoms with E-state index in [1.807, 2.05) is 0 Å². The number of nitrogens with two attached hydrogens (primary N) is 1. The van der Waals surface area contributed by atoms with Gasteiger partial charge in [-0.2, -0.15) is 0 Å². The average molecular weight is 208 g/mol. The summed E-state index contributed by atoms with van der Waals surface area (Å²) in [5.41, 5.74) is 6.58. The van der Waals surface area contributed by atoms with Crippen LogP contribution < -0.4 is 11.1 Å². The van der Waals surface area contributed by atoms with Crippen LogP contribution in [-0.2, 0) is 11.3 Å². The molecule has 1 aromatic carbocycles. The van der Waals surface area contributed by atoms with Crippen molar-refractivity contribution in [1.29, 1.82) is 0 Å². The van der Waals surface area contributed by atoms with Gasteiger partial charge in [-0.25, -0.2) is 4.39 Å². The smallest absolute Gasteiger partial charge is 0.248 e. The minimum Gasteiger partial charge on any atom is -0.326 e. The van der Waals surface area contributed by atoms with Crippen molar-refractivity contribution in [3.8, 4) is 0 Å². The third kappa shape index (κ3) is 3.18. The zero-order chi connectivity index (χ0) is 11.3. The normalized spacial score (nSPS) is 10.6. The molecular weight excluding hydrogens is 195 g/mol. The number of carbonyl (C=O) groups is 1. The van der Waals surface area contributed by atoms with Crippen molar-refractivity contribution in [3.63, 3.8) is 0 Å². The van der Waals surface area contributed by atoms with Gasteiger partial charge in [0.15, 0.2) is 0 Å². The number of anilines is 1. The number of benzene rings is 1. The van der Waals surface area contributed by atoms with Crippen LogP contribution in [0.15, 0.2) is 30.4 Å². The lowest BCUT2D eigenvalue weighted by Crippen LogP contribution is -2.11. The van der Waals surface area contributed by atoms with Gasteiger partial charge in [-0.15, -0.1) is 0 Å². The SMILES string of the molecule is C/C=C/C(=O)Nc1cc(F)ccc1CN. The van der Waals surface area contributed by atoms with Gasteiger partial charge >= 0.3 is 0 Å². The zero-order valence-corrected chi connectivity index (χ0v) is 8.46. The predicted octanol–water partition coefficient (Wildman–Crippen LogP) is 1.80. The lowest BCUT2D eigenvalue weighted by atomic mass is 10.1. The quantitative estimate of drug-likeness (QED) is 0.744. The van der Waals surface area contributed by atoms with Crippen LogP contribution in [0.3, 0.4) is 0 Å². The number of rotatable bonds is 3. The van der Waals surface area contributed by atoms with Gasteiger partial charge in [0.05, 0.1) is 0 Å². The summed E-state index contributed by atoms with van der Waals surface area (Å²) < 4.78 is 12.9. The van der Waals surface area contributed by atoms with Gasteiger partial charge < -0.3 is 11.1 Å². The molecule has 3 N–H and O–H groups in total. The van der Waals surface area contributed by atoms with Crippen LogP contribution in [0.5, 0.6) is 0 Å². The van der Waals surface area contributed by atoms with Gasteiger partial charge in [0.25, 0.3) is 0 Å². The Morgan fingerprint density at radius 1 is 1.60 bits per heavy atom. The van der Waals surface area contributed by atoms with Crippen molar-refractivity contribution in [1.82, 2.24) is 0 Å². The van der Waals surface area contributed by atoms with E-state index in [1.165, 1.54) is 18.2 Å². The van der Waals surface area contributed by atoms with Crippen molar-refractivity contribution in [2.75, 3.05) is 5.32 Å². The second-order valence-electron chi connectivity index (χ2n) is 2.99. The Labute approximate surface area is 87.8 Å². The molecule has 1 amide bonds. The first-order chi connectivity index (χ1) is 7.17. The van der Waals surface area contributed by atoms with Crippen LogP contribution in [0.25, 0.3) is 0 Å². The largest absolute Gasteiger partial charge is 0.326 e. The molecule has 0 aromatic heterocycles. The molecule has 1 aromatic rings. The second-order valence-corrected chi connectivity index (χ2v) is 2.99. The standard InChI is InChI=1S/C11H13FN2O/c1-2-3-11(15)14-10-6-9(12)5-4-8(10)7-13/h2-6H,7,13H2,1H3,(H,14,15)/b3-2+. The maximum Gasteiger partial charge on any atom is 0.248 e. The van der Waals surface area contributed by atoms with Gasteiger partial charge in [0.1, 0.15) is 5.82 Å². The molecule has 0 saturated carbocycles. The van der Waals surface area contributed by atoms with Crippen molar-refractivity contribution >= 4 is 11.6 Å². The Morgan fingerprint density at radius 2 is 2.33 bits per heavy atom. The molecule has 0 saturated heterocycles. The summed E-state index contributed by atoms with van der Waals surface area (Å²) in [5, 5.41) is 2.56. The van der Waals surface area contributed by atoms with Crippen LogP contribution in [0.1, 0.15) is 12.5 Å². The van der Waals surface area contributed by atoms with E-state index in [1.54, 1.807) is 19.1 Å². The molecule has 3 nitrogen and oxygen atoms in total. The first kappa shape index (κ1) is 11.4. The van der Waals surface area contributed by atoms with Crippen LogP contribution in [-0.4, -0.2) is 5.91 Å². The molecule has 0 fully saturated rings. The minimum absolute atomic E-state index is 0.256. The second kappa shape index (κ2) is 5.26. The summed E-state index contributed by atoms with van der Waals surface area (Å²) >= 11 is 0. The first-order valence-electron chi connectivity index (χ1n) is 4.59. The number of hydrogen-bond donors (Lipinski definition) is 2. The highest BCUT2D eigenvalue weighted by Crippen LogP contribution is 2.16. The van der Waals surface area contributed by atoms with E-state index in [-0.39, 0.29) is 12.5 Å². The summed E-state index contributed by atoms with van der Waals surface area (Å²) in [7, 11) is 0. The highest BCUT2D eigenvalue weighted by atomic mass is 19.1. The molecule has 15 heavy (non-hydrogen) atoms. The summed E-state index contributed by atoms with van der Waals surface area (Å²) in [6, 6.07) is 4.12. The topological polar surface area (TPSA) is 55.1 Å². The molecule has 80 valence electrons. The predicted molar refractivity (Wildman–Crippen MR) is 57.7 cm³/mol. The monoisotopic (exact) mass is 208 g/mol. The van der Waals surface area contributed by atoms with E-state index in [9.17, 15) is 9.18 Å². The molecule has 1 rings (SSSR count). The van der Waals surface area contributed by atoms with Crippen LogP contribution in [0, 0.1) is 5.82 Å². The maximum absolute atomic E-state index is 12.9. The molecular formula is C11H13FN2O. The van der Waals surface area contributed by atoms with Gasteiger partial charge in [-0.1, -0.05) is 12.1 Å². The van der Waals surface area contributed by atoms with Crippen molar-refractivity contribution < 1.29 is 9.18 Å². The van der Waals surface area contributed by atoms with E-state index < -0.39 is 5.82 Å². The van der Waals surface area contributed by atoms with Crippen molar-refractivity contribution in [2.24, 2.45) is 5.73 Å². The Bertz CT molecular complexity index is 388. The molecule has 0 atom stereocenters. The van der Waals surface area contributed by atoms with E-state index in [4.69, 9.17) is 5.73 Å². The van der Waals surface area contributed by atoms with Crippen LogP contribution >= 0.6 is 0 Å². The fraction of sp³-hybridized carbons (Fsp3) is 0.182. The molecule has 0 unspecified atom stereocenters. The highest BCUT2D eigenvalue weighted by molar-refractivity contribution is 5.99. The average Bonchev–Trinajstić information content (AvgIpc) is 2.18. The summed E-state index contributed by atoms with van der Waals surface area (Å²) in [6.07, 6.45) is 2.97. The fourth-order valence-electron chi connectivity index (χ4n) is 1.17. The zero-order valence-electron chi connectivity index (χ0n) is 8.46. The summed E-state index contributed by atoms with van der Waals surface area (Å²) in [6.45, 7) is 1.99. The third-order valence-corrected chi connectivity index (χ3v) is 1.87. The van der Waals surface area contributed by atoms with E-state index >= 15 is 0 Å². The van der Waals surface area contributed by atoms with Crippen LogP contribution in [0.2, 0.25) is 0 Å². The van der Waals surface area contributed by atoms with Gasteiger partial charge in [-0.3, -0.25) is 4.79 Å². The molecule has 0 radical (unpaired) electrons. The number of hydrogen-bond acceptors (Lipinski definition) is 2. The Kier molecular flexibility index (Phi) is 4.00. The van der Waals surface area contributed by atoms with Gasteiger partial charge in [-0.05, 0) is 30.7 Å². The minimum atomic E-state index is -0.400. The first-order valence-corrected chi connectivity index (χ1v) is 4.59. The molecule has 0 heterocycles. The lowest BCUT2D eigenvalue weighted by molar-refractivity contribution is -0.111. The molecule has 0 spiro atoms. The number of nitrogens with one attached hydrogen (secondary N) is 1. The molecule has 0 aliphatic rings. The molecule has 4 heteroatoms. The van der Waals surface area contributed by atoms with E-state index in [0.717, 1.165) is 0 Å². The Morgan fingerprint density at radius 3 is 2.93 bits per heavy atom. The molecule has 0 aliphatic heterocycles. The van der Waals surface area contributed by atoms with E-state index in [0.29, 0.717) is 11.3 Å². The van der Waals surface area contributed by atoms with Crippen molar-refractivity contribution in [3.05, 3.63) is 41.7 Å². The van der Waals surface area contributed by atoms with Gasteiger partial charge in [0.2, 0.25) is 5.91 Å². The number of halogens is 1. The maximum atomic E-state index is 12.9. The Hall–Kier alpha value is -1.68. The van der Waals surface area contributed by atoms with Gasteiger partial charge in [0, 0.05) is 12.2 Å². The summed E-state index contributed by atoms with van der Waals surface area (Å²) in [4.78, 5) is 11.2. The summed E-state index contributed by atoms with van der Waals surface area (Å²) in [5.74, 6) is -0.694. The van der Waals surface area contributed by atoms with Crippen molar-refractivity contribution in [2.45, 2.75) is 13.5 Å². The van der Waals surface area contributed by atoms with Crippen LogP contribution in [0.4, 0.5) is 10.1 Å². The highest BCUT2D eigenvalue weighted by Gasteiger charge is 2.04. The molecule has 0 bridgehead atoms. The number of carbonyl (C=O) groups excluding carboxylic acids is 1. The lowest BCUT2D eigenvalue weighted by Gasteiger charge is -2.07.